The van der Waals surface area contributed by atoms with Gasteiger partial charge in [0.2, 0.25) is 0 Å². The molecule has 0 aromatic heterocycles. The number of anilines is 2. The molecule has 1 fully saturated rings. The fraction of sp³-hybridized carbons (Fsp3) is 0.250. The molecule has 0 atom stereocenters. The van der Waals surface area contributed by atoms with Crippen LogP contribution in [0, 0.1) is 0 Å². The Bertz CT molecular complexity index is 708. The van der Waals surface area contributed by atoms with Crippen molar-refractivity contribution in [2.75, 3.05) is 22.7 Å². The SMILES string of the molecule is O=S(=O)(Nc1cccc(N2CCCC2)c1)c1ccccc1. The number of nitrogens with one attached hydrogen (secondary N) is 1. The molecule has 3 rings (SSSR count). The second kappa shape index (κ2) is 5.77. The van der Waals surface area contributed by atoms with E-state index in [-0.39, 0.29) is 4.90 Å². The molecule has 0 amide bonds. The normalized spacial score (nSPS) is 15.1. The zero-order chi connectivity index (χ0) is 14.7. The summed E-state index contributed by atoms with van der Waals surface area (Å²) in [5.41, 5.74) is 1.67. The van der Waals surface area contributed by atoms with Crippen LogP contribution in [0.1, 0.15) is 12.8 Å². The first kappa shape index (κ1) is 13.9. The van der Waals surface area contributed by atoms with E-state index in [1.165, 1.54) is 12.8 Å². The minimum atomic E-state index is -3.52. The Labute approximate surface area is 125 Å². The van der Waals surface area contributed by atoms with Gasteiger partial charge in [-0.15, -0.1) is 0 Å². The molecule has 1 saturated heterocycles. The van der Waals surface area contributed by atoms with E-state index >= 15 is 0 Å². The predicted molar refractivity (Wildman–Crippen MR) is 85.1 cm³/mol. The van der Waals surface area contributed by atoms with Gasteiger partial charge in [0.25, 0.3) is 10.0 Å². The summed E-state index contributed by atoms with van der Waals surface area (Å²) in [7, 11) is -3.52. The van der Waals surface area contributed by atoms with E-state index in [1.807, 2.05) is 18.2 Å². The highest BCUT2D eigenvalue weighted by Gasteiger charge is 2.16. The smallest absolute Gasteiger partial charge is 0.261 e. The molecule has 0 bridgehead atoms. The Morgan fingerprint density at radius 1 is 0.905 bits per heavy atom. The molecule has 1 aliphatic heterocycles. The number of benzene rings is 2. The van der Waals surface area contributed by atoms with Crippen LogP contribution in [-0.4, -0.2) is 21.5 Å². The van der Waals surface area contributed by atoms with Crippen LogP contribution in [-0.2, 0) is 10.0 Å². The van der Waals surface area contributed by atoms with Crippen LogP contribution >= 0.6 is 0 Å². The Morgan fingerprint density at radius 2 is 1.62 bits per heavy atom. The maximum Gasteiger partial charge on any atom is 0.261 e. The van der Waals surface area contributed by atoms with Crippen LogP contribution in [0.2, 0.25) is 0 Å². The van der Waals surface area contributed by atoms with E-state index in [2.05, 4.69) is 9.62 Å². The molecule has 2 aromatic rings. The van der Waals surface area contributed by atoms with Crippen molar-refractivity contribution in [2.24, 2.45) is 0 Å². The molecule has 110 valence electrons. The molecular formula is C16H18N2O2S. The standard InChI is InChI=1S/C16H18N2O2S/c19-21(20,16-9-2-1-3-10-16)17-14-7-6-8-15(13-14)18-11-4-5-12-18/h1-3,6-10,13,17H,4-5,11-12H2. The highest BCUT2D eigenvalue weighted by Crippen LogP contribution is 2.24. The van der Waals surface area contributed by atoms with Crippen LogP contribution < -0.4 is 9.62 Å². The predicted octanol–water partition coefficient (Wildman–Crippen LogP) is 3.09. The van der Waals surface area contributed by atoms with E-state index in [4.69, 9.17) is 0 Å². The van der Waals surface area contributed by atoms with Gasteiger partial charge in [0, 0.05) is 18.8 Å². The molecule has 0 spiro atoms. The van der Waals surface area contributed by atoms with Crippen LogP contribution in [0.15, 0.2) is 59.5 Å². The van der Waals surface area contributed by atoms with Gasteiger partial charge in [-0.3, -0.25) is 4.72 Å². The summed E-state index contributed by atoms with van der Waals surface area (Å²) in [5, 5.41) is 0. The fourth-order valence-electron chi connectivity index (χ4n) is 2.56. The summed E-state index contributed by atoms with van der Waals surface area (Å²) in [6, 6.07) is 16.0. The molecule has 1 N–H and O–H groups in total. The lowest BCUT2D eigenvalue weighted by Gasteiger charge is -2.18. The monoisotopic (exact) mass is 302 g/mol. The summed E-state index contributed by atoms with van der Waals surface area (Å²) in [6.07, 6.45) is 2.39. The van der Waals surface area contributed by atoms with Crippen LogP contribution in [0.4, 0.5) is 11.4 Å². The summed E-state index contributed by atoms with van der Waals surface area (Å²) in [5.74, 6) is 0. The second-order valence-corrected chi connectivity index (χ2v) is 6.85. The summed E-state index contributed by atoms with van der Waals surface area (Å²) in [6.45, 7) is 2.07. The number of nitrogens with zero attached hydrogens (tertiary/aromatic N) is 1. The molecule has 0 saturated carbocycles. The van der Waals surface area contributed by atoms with Gasteiger partial charge in [0.05, 0.1) is 10.6 Å². The van der Waals surface area contributed by atoms with Gasteiger partial charge >= 0.3 is 0 Å². The number of hydrogen-bond acceptors (Lipinski definition) is 3. The van der Waals surface area contributed by atoms with Crippen LogP contribution in [0.25, 0.3) is 0 Å². The Balaban J connectivity index is 1.83. The van der Waals surface area contributed by atoms with Crippen molar-refractivity contribution in [1.82, 2.24) is 0 Å². The Morgan fingerprint density at radius 3 is 2.33 bits per heavy atom. The molecule has 0 radical (unpaired) electrons. The third-order valence-electron chi connectivity index (χ3n) is 3.62. The van der Waals surface area contributed by atoms with Gasteiger partial charge in [-0.25, -0.2) is 8.42 Å². The maximum absolute atomic E-state index is 12.3. The molecule has 1 aliphatic rings. The van der Waals surface area contributed by atoms with Gasteiger partial charge in [-0.2, -0.15) is 0 Å². The third-order valence-corrected chi connectivity index (χ3v) is 5.02. The Kier molecular flexibility index (Phi) is 3.84. The zero-order valence-electron chi connectivity index (χ0n) is 11.7. The Hall–Kier alpha value is -2.01. The second-order valence-electron chi connectivity index (χ2n) is 5.16. The first-order valence-electron chi connectivity index (χ1n) is 7.08. The topological polar surface area (TPSA) is 49.4 Å². The van der Waals surface area contributed by atoms with Gasteiger partial charge in [-0.05, 0) is 43.2 Å². The van der Waals surface area contributed by atoms with Gasteiger partial charge in [0.1, 0.15) is 0 Å². The summed E-state index contributed by atoms with van der Waals surface area (Å²) >= 11 is 0. The first-order valence-corrected chi connectivity index (χ1v) is 8.56. The van der Waals surface area contributed by atoms with Crippen LogP contribution in [0.5, 0.6) is 0 Å². The van der Waals surface area contributed by atoms with Crippen molar-refractivity contribution >= 4 is 21.4 Å². The van der Waals surface area contributed by atoms with Gasteiger partial charge in [-0.1, -0.05) is 24.3 Å². The minimum Gasteiger partial charge on any atom is -0.371 e. The van der Waals surface area contributed by atoms with E-state index in [9.17, 15) is 8.42 Å². The molecule has 4 nitrogen and oxygen atoms in total. The summed E-state index contributed by atoms with van der Waals surface area (Å²) in [4.78, 5) is 2.55. The van der Waals surface area contributed by atoms with Crippen molar-refractivity contribution in [1.29, 1.82) is 0 Å². The average molecular weight is 302 g/mol. The maximum atomic E-state index is 12.3. The zero-order valence-corrected chi connectivity index (χ0v) is 12.5. The van der Waals surface area contributed by atoms with E-state index in [1.54, 1.807) is 36.4 Å². The molecular weight excluding hydrogens is 284 g/mol. The summed E-state index contributed by atoms with van der Waals surface area (Å²) < 4.78 is 27.3. The minimum absolute atomic E-state index is 0.275. The van der Waals surface area contributed by atoms with E-state index in [0.717, 1.165) is 18.8 Å². The largest absolute Gasteiger partial charge is 0.371 e. The van der Waals surface area contributed by atoms with Crippen molar-refractivity contribution in [3.05, 3.63) is 54.6 Å². The molecule has 21 heavy (non-hydrogen) atoms. The average Bonchev–Trinajstić information content (AvgIpc) is 3.02. The fourth-order valence-corrected chi connectivity index (χ4v) is 3.63. The van der Waals surface area contributed by atoms with Crippen molar-refractivity contribution in [3.8, 4) is 0 Å². The quantitative estimate of drug-likeness (QED) is 0.944. The third kappa shape index (κ3) is 3.19. The lowest BCUT2D eigenvalue weighted by molar-refractivity contribution is 0.601. The van der Waals surface area contributed by atoms with E-state index in [0.29, 0.717) is 5.69 Å². The van der Waals surface area contributed by atoms with Crippen molar-refractivity contribution in [3.63, 3.8) is 0 Å². The highest BCUT2D eigenvalue weighted by molar-refractivity contribution is 7.92. The molecule has 0 aliphatic carbocycles. The molecule has 0 unspecified atom stereocenters. The number of sulfonamides is 1. The van der Waals surface area contributed by atoms with Gasteiger partial charge < -0.3 is 4.90 Å². The molecule has 1 heterocycles. The highest BCUT2D eigenvalue weighted by atomic mass is 32.2. The first-order chi connectivity index (χ1) is 10.1. The van der Waals surface area contributed by atoms with Crippen molar-refractivity contribution in [2.45, 2.75) is 17.7 Å². The number of rotatable bonds is 4. The number of hydrogen-bond donors (Lipinski definition) is 1. The molecule has 5 heteroatoms. The lowest BCUT2D eigenvalue weighted by Crippen LogP contribution is -2.18. The van der Waals surface area contributed by atoms with Crippen LogP contribution in [0.3, 0.4) is 0 Å². The lowest BCUT2D eigenvalue weighted by atomic mass is 10.2. The molecule has 2 aromatic carbocycles. The van der Waals surface area contributed by atoms with Crippen molar-refractivity contribution < 1.29 is 8.42 Å². The van der Waals surface area contributed by atoms with Gasteiger partial charge in [0.15, 0.2) is 0 Å². The van der Waals surface area contributed by atoms with E-state index < -0.39 is 10.0 Å².